The molecule has 3 N–H and O–H groups in total. The van der Waals surface area contributed by atoms with E-state index in [1.165, 1.54) is 0 Å². The summed E-state index contributed by atoms with van der Waals surface area (Å²) in [4.78, 5) is 42.5. The monoisotopic (exact) mass is 641 g/mol. The summed E-state index contributed by atoms with van der Waals surface area (Å²) in [7, 11) is 1.75. The molecule has 10 nitrogen and oxygen atoms in total. The summed E-state index contributed by atoms with van der Waals surface area (Å²) in [6, 6.07) is 5.82. The van der Waals surface area contributed by atoms with Gasteiger partial charge >= 0.3 is 5.97 Å². The zero-order valence-electron chi connectivity index (χ0n) is 26.8. The van der Waals surface area contributed by atoms with Crippen LogP contribution < -0.4 is 11.1 Å². The third-order valence-corrected chi connectivity index (χ3v) is 11.0. The fourth-order valence-electron chi connectivity index (χ4n) is 8.25. The molecule has 2 aromatic rings. The lowest BCUT2D eigenvalue weighted by Crippen LogP contribution is -2.50. The molecule has 2 aliphatic carbocycles. The zero-order chi connectivity index (χ0) is 32.2. The molecule has 2 saturated heterocycles. The van der Waals surface area contributed by atoms with Crippen LogP contribution in [0.25, 0.3) is 11.0 Å². The van der Waals surface area contributed by atoms with Crippen LogP contribution in [0, 0.1) is 23.7 Å². The van der Waals surface area contributed by atoms with Gasteiger partial charge in [0.2, 0.25) is 17.6 Å². The fraction of sp³-hybridized carbons (Fsp3) is 0.686. The van der Waals surface area contributed by atoms with Crippen LogP contribution in [0.5, 0.6) is 0 Å². The number of furan rings is 1. The van der Waals surface area contributed by atoms with Crippen molar-refractivity contribution < 1.29 is 37.4 Å². The van der Waals surface area contributed by atoms with Crippen molar-refractivity contribution in [2.24, 2.45) is 29.4 Å². The number of nitrogens with zero attached hydrogens (tertiary/aromatic N) is 1. The lowest BCUT2D eigenvalue weighted by molar-refractivity contribution is -0.142. The fourth-order valence-corrected chi connectivity index (χ4v) is 8.25. The summed E-state index contributed by atoms with van der Waals surface area (Å²) in [5, 5.41) is 3.76. The third kappa shape index (κ3) is 7.26. The average Bonchev–Trinajstić information content (AvgIpc) is 3.87. The minimum atomic E-state index is -0.578. The highest BCUT2D eigenvalue weighted by Crippen LogP contribution is 2.42. The largest absolute Gasteiger partial charge is 0.457 e. The Morgan fingerprint density at radius 3 is 2.52 bits per heavy atom. The molecule has 2 saturated carbocycles. The predicted molar refractivity (Wildman–Crippen MR) is 170 cm³/mol. The maximum absolute atomic E-state index is 14.1. The maximum atomic E-state index is 14.1. The van der Waals surface area contributed by atoms with Gasteiger partial charge < -0.3 is 34.6 Å². The second-order valence-corrected chi connectivity index (χ2v) is 13.7. The summed E-state index contributed by atoms with van der Waals surface area (Å²) in [6.07, 6.45) is 9.41. The molecule has 0 spiro atoms. The van der Waals surface area contributed by atoms with Crippen LogP contribution in [-0.2, 0) is 23.8 Å². The Morgan fingerprint density at radius 2 is 1.83 bits per heavy atom. The van der Waals surface area contributed by atoms with Crippen molar-refractivity contribution in [3.63, 3.8) is 0 Å². The number of fused-ring (bicyclic) bond motifs is 1. The molecule has 46 heavy (non-hydrogen) atoms. The Labute approximate surface area is 269 Å². The first-order chi connectivity index (χ1) is 22.3. The Bertz CT molecular complexity index is 1360. The van der Waals surface area contributed by atoms with Crippen LogP contribution in [0.15, 0.2) is 28.7 Å². The summed E-state index contributed by atoms with van der Waals surface area (Å²) in [6.45, 7) is 0.876. The average molecular weight is 642 g/mol. The Morgan fingerprint density at radius 1 is 1.04 bits per heavy atom. The molecule has 1 aromatic heterocycles. The Hall–Kier alpha value is -3.02. The van der Waals surface area contributed by atoms with Crippen LogP contribution in [0.1, 0.15) is 81.2 Å². The molecule has 2 amide bonds. The molecule has 1 unspecified atom stereocenters. The second kappa shape index (κ2) is 14.8. The number of nitrogens with one attached hydrogen (secondary N) is 1. The first-order valence-corrected chi connectivity index (χ1v) is 17.1. The molecule has 4 atom stereocenters. The molecule has 4 fully saturated rings. The molecule has 6 rings (SSSR count). The quantitative estimate of drug-likeness (QED) is 0.337. The molecule has 3 heterocycles. The van der Waals surface area contributed by atoms with Gasteiger partial charge in [-0.25, -0.2) is 9.18 Å². The predicted octanol–water partition coefficient (Wildman–Crippen LogP) is 5.23. The number of ether oxygens (including phenoxy) is 3. The summed E-state index contributed by atoms with van der Waals surface area (Å²) in [5.41, 5.74) is 7.05. The van der Waals surface area contributed by atoms with Crippen molar-refractivity contribution in [2.75, 3.05) is 38.9 Å². The van der Waals surface area contributed by atoms with E-state index < -0.39 is 24.7 Å². The lowest BCUT2D eigenvalue weighted by atomic mass is 9.75. The van der Waals surface area contributed by atoms with Gasteiger partial charge in [0.05, 0.1) is 12.2 Å². The van der Waals surface area contributed by atoms with Crippen LogP contribution in [0.4, 0.5) is 10.1 Å². The van der Waals surface area contributed by atoms with E-state index in [-0.39, 0.29) is 54.1 Å². The van der Waals surface area contributed by atoms with E-state index in [2.05, 4.69) is 5.32 Å². The maximum Gasteiger partial charge on any atom is 0.374 e. The van der Waals surface area contributed by atoms with Crippen molar-refractivity contribution in [1.82, 2.24) is 4.90 Å². The normalized spacial score (nSPS) is 30.8. The van der Waals surface area contributed by atoms with Gasteiger partial charge in [-0.1, -0.05) is 0 Å². The number of anilines is 1. The number of halogens is 1. The van der Waals surface area contributed by atoms with Gasteiger partial charge in [0, 0.05) is 43.3 Å². The van der Waals surface area contributed by atoms with Crippen molar-refractivity contribution in [3.05, 3.63) is 30.0 Å². The molecule has 1 aromatic carbocycles. The molecule has 4 aliphatic rings. The number of rotatable bonds is 10. The van der Waals surface area contributed by atoms with E-state index in [1.54, 1.807) is 31.4 Å². The van der Waals surface area contributed by atoms with Crippen molar-refractivity contribution in [3.8, 4) is 0 Å². The van der Waals surface area contributed by atoms with Gasteiger partial charge in [-0.15, -0.1) is 0 Å². The Balaban J connectivity index is 1.15. The number of methoxy groups -OCH3 is 1. The Kier molecular flexibility index (Phi) is 10.6. The van der Waals surface area contributed by atoms with Crippen molar-refractivity contribution >= 4 is 34.4 Å². The number of carbonyl (C=O) groups excluding carboxylic acids is 3. The van der Waals surface area contributed by atoms with Crippen LogP contribution in [0.3, 0.4) is 0 Å². The summed E-state index contributed by atoms with van der Waals surface area (Å²) in [5.74, 6) is -0.325. The van der Waals surface area contributed by atoms with Crippen LogP contribution >= 0.6 is 0 Å². The van der Waals surface area contributed by atoms with Gasteiger partial charge in [-0.05, 0) is 113 Å². The smallest absolute Gasteiger partial charge is 0.374 e. The molecule has 252 valence electrons. The minimum Gasteiger partial charge on any atom is -0.457 e. The van der Waals surface area contributed by atoms with Gasteiger partial charge in [0.1, 0.15) is 24.9 Å². The molecular weight excluding hydrogens is 593 g/mol. The summed E-state index contributed by atoms with van der Waals surface area (Å²) >= 11 is 0. The standard InChI is InChI=1S/C35H48FN3O7/c1-43-26-11-8-21(9-12-26)28-14-15-39(34(41)23-6-4-22(5-7-23)29(37)19-36)32(28)33(40)38-25-10-13-30-24(17-25)18-31(46-30)35(42)45-20-27-3-2-16-44-27/h10,13,17-18,21-23,26-29,32H,2-9,11-12,14-16,19-20,37H2,1H3,(H,38,40)/t21?,22-,23-,26?,27?,28-,29+,32-/m0/s1. The highest BCUT2D eigenvalue weighted by atomic mass is 19.1. The van der Waals surface area contributed by atoms with E-state index in [9.17, 15) is 18.8 Å². The molecule has 11 heteroatoms. The van der Waals surface area contributed by atoms with E-state index in [0.29, 0.717) is 48.6 Å². The first-order valence-electron chi connectivity index (χ1n) is 17.1. The lowest BCUT2D eigenvalue weighted by Gasteiger charge is -2.37. The topological polar surface area (TPSA) is 133 Å². The number of alkyl halides is 1. The number of carbonyl (C=O) groups is 3. The van der Waals surface area contributed by atoms with Crippen molar-refractivity contribution in [2.45, 2.75) is 94.9 Å². The first kappa shape index (κ1) is 32.9. The van der Waals surface area contributed by atoms with Gasteiger partial charge in [-0.3, -0.25) is 9.59 Å². The number of hydrogen-bond donors (Lipinski definition) is 2. The molecular formula is C35H48FN3O7. The molecule has 0 radical (unpaired) electrons. The SMILES string of the molecule is COC1CCC([C@@H]2CCN(C(=O)[C@H]3CC[C@H]([C@H](N)CF)CC3)[C@@H]2C(=O)Nc2ccc3oc(C(=O)OCC4CCCO4)cc3c2)CC1. The zero-order valence-corrected chi connectivity index (χ0v) is 26.8. The number of benzene rings is 1. The van der Waals surface area contributed by atoms with Crippen molar-refractivity contribution in [1.29, 1.82) is 0 Å². The highest BCUT2D eigenvalue weighted by Gasteiger charge is 2.47. The summed E-state index contributed by atoms with van der Waals surface area (Å²) < 4.78 is 35.5. The van der Waals surface area contributed by atoms with Crippen LogP contribution in [-0.4, -0.2) is 80.5 Å². The number of esters is 1. The highest BCUT2D eigenvalue weighted by molar-refractivity contribution is 6.00. The van der Waals surface area contributed by atoms with Gasteiger partial charge in [0.15, 0.2) is 0 Å². The number of likely N-dealkylation sites (tertiary alicyclic amines) is 1. The molecule has 0 bridgehead atoms. The van der Waals surface area contributed by atoms with E-state index in [0.717, 1.165) is 57.8 Å². The second-order valence-electron chi connectivity index (χ2n) is 13.7. The van der Waals surface area contributed by atoms with E-state index >= 15 is 0 Å². The minimum absolute atomic E-state index is 0.0249. The third-order valence-electron chi connectivity index (χ3n) is 11.0. The van der Waals surface area contributed by atoms with E-state index in [4.69, 9.17) is 24.4 Å². The van der Waals surface area contributed by atoms with Crippen LogP contribution in [0.2, 0.25) is 0 Å². The van der Waals surface area contributed by atoms with Gasteiger partial charge in [-0.2, -0.15) is 0 Å². The number of nitrogens with two attached hydrogens (primary N) is 1. The van der Waals surface area contributed by atoms with E-state index in [1.807, 2.05) is 4.90 Å². The molecule has 2 aliphatic heterocycles. The number of amides is 2. The number of hydrogen-bond acceptors (Lipinski definition) is 8. The van der Waals surface area contributed by atoms with Gasteiger partial charge in [0.25, 0.3) is 0 Å².